The quantitative estimate of drug-likeness (QED) is 0.927. The second-order valence-corrected chi connectivity index (χ2v) is 7.47. The van der Waals surface area contributed by atoms with Gasteiger partial charge in [-0.25, -0.2) is 4.79 Å². The molecule has 2 aliphatic rings. The van der Waals surface area contributed by atoms with Crippen molar-refractivity contribution >= 4 is 6.03 Å². The molecule has 3 rings (SSSR count). The molecule has 2 fully saturated rings. The summed E-state index contributed by atoms with van der Waals surface area (Å²) in [6.07, 6.45) is 1.20. The van der Waals surface area contributed by atoms with Crippen LogP contribution < -0.4 is 5.32 Å². The van der Waals surface area contributed by atoms with Crippen LogP contribution in [-0.4, -0.2) is 55.1 Å². The van der Waals surface area contributed by atoms with E-state index in [2.05, 4.69) is 61.4 Å². The van der Waals surface area contributed by atoms with Crippen LogP contribution in [0.2, 0.25) is 0 Å². The van der Waals surface area contributed by atoms with E-state index in [-0.39, 0.29) is 6.03 Å². The molecular formula is C19H29N3O. The van der Waals surface area contributed by atoms with Gasteiger partial charge < -0.3 is 15.1 Å². The number of carbonyl (C=O) groups is 1. The van der Waals surface area contributed by atoms with Crippen molar-refractivity contribution in [1.29, 1.82) is 0 Å². The predicted octanol–water partition coefficient (Wildman–Crippen LogP) is 2.77. The Morgan fingerprint density at radius 3 is 2.70 bits per heavy atom. The molecule has 1 N–H and O–H groups in total. The molecule has 1 heterocycles. The smallest absolute Gasteiger partial charge is 0.317 e. The highest BCUT2D eigenvalue weighted by atomic mass is 16.2. The molecule has 23 heavy (non-hydrogen) atoms. The van der Waals surface area contributed by atoms with Crippen molar-refractivity contribution in [3.05, 3.63) is 35.9 Å². The first-order valence-corrected chi connectivity index (χ1v) is 8.84. The lowest BCUT2D eigenvalue weighted by molar-refractivity contribution is 0.0855. The molecule has 0 bridgehead atoms. The van der Waals surface area contributed by atoms with Gasteiger partial charge >= 0.3 is 6.03 Å². The Hall–Kier alpha value is -1.55. The van der Waals surface area contributed by atoms with E-state index in [9.17, 15) is 4.79 Å². The lowest BCUT2D eigenvalue weighted by Crippen LogP contribution is -2.58. The van der Waals surface area contributed by atoms with Gasteiger partial charge in [-0.05, 0) is 36.8 Å². The van der Waals surface area contributed by atoms with Gasteiger partial charge in [0.2, 0.25) is 0 Å². The van der Waals surface area contributed by atoms with Gasteiger partial charge in [-0.15, -0.1) is 0 Å². The van der Waals surface area contributed by atoms with Crippen molar-refractivity contribution in [3.8, 4) is 0 Å². The van der Waals surface area contributed by atoms with E-state index in [1.165, 1.54) is 12.0 Å². The zero-order valence-electron chi connectivity index (χ0n) is 14.5. The molecule has 1 aromatic rings. The second kappa shape index (κ2) is 6.91. The molecule has 4 nitrogen and oxygen atoms in total. The number of amides is 2. The molecule has 1 aromatic carbocycles. The largest absolute Gasteiger partial charge is 0.338 e. The lowest BCUT2D eigenvalue weighted by Gasteiger charge is -2.42. The van der Waals surface area contributed by atoms with Crippen LogP contribution in [0.25, 0.3) is 0 Å². The summed E-state index contributed by atoms with van der Waals surface area (Å²) in [4.78, 5) is 17.0. The molecule has 0 radical (unpaired) electrons. The second-order valence-electron chi connectivity index (χ2n) is 7.47. The van der Waals surface area contributed by atoms with Crippen molar-refractivity contribution in [3.63, 3.8) is 0 Å². The van der Waals surface area contributed by atoms with Crippen molar-refractivity contribution < 1.29 is 4.79 Å². The highest BCUT2D eigenvalue weighted by molar-refractivity contribution is 5.74. The third-order valence-electron chi connectivity index (χ3n) is 5.32. The van der Waals surface area contributed by atoms with Crippen LogP contribution in [0.5, 0.6) is 0 Å². The average Bonchev–Trinajstić information content (AvgIpc) is 3.33. The van der Waals surface area contributed by atoms with Gasteiger partial charge in [0.05, 0.1) is 0 Å². The molecule has 1 saturated carbocycles. The fraction of sp³-hybridized carbons (Fsp3) is 0.632. The van der Waals surface area contributed by atoms with Crippen LogP contribution in [0, 0.1) is 11.8 Å². The molecule has 0 aromatic heterocycles. The minimum Gasteiger partial charge on any atom is -0.338 e. The van der Waals surface area contributed by atoms with Gasteiger partial charge in [-0.1, -0.05) is 44.2 Å². The summed E-state index contributed by atoms with van der Waals surface area (Å²) in [5.41, 5.74) is 1.41. The maximum atomic E-state index is 12.6. The number of benzene rings is 1. The molecule has 2 amide bonds. The number of piperazine rings is 1. The lowest BCUT2D eigenvalue weighted by atomic mass is 10.0. The number of nitrogens with zero attached hydrogens (tertiary/aromatic N) is 2. The van der Waals surface area contributed by atoms with Crippen molar-refractivity contribution in [2.75, 3.05) is 33.2 Å². The predicted molar refractivity (Wildman–Crippen MR) is 93.5 cm³/mol. The van der Waals surface area contributed by atoms with Gasteiger partial charge in [0.15, 0.2) is 0 Å². The molecule has 3 atom stereocenters. The van der Waals surface area contributed by atoms with Crippen LogP contribution in [-0.2, 0) is 0 Å². The highest BCUT2D eigenvalue weighted by Gasteiger charge is 2.39. The van der Waals surface area contributed by atoms with Crippen molar-refractivity contribution in [2.24, 2.45) is 11.8 Å². The van der Waals surface area contributed by atoms with Crippen molar-refractivity contribution in [2.45, 2.75) is 32.2 Å². The van der Waals surface area contributed by atoms with E-state index in [0.29, 0.717) is 23.8 Å². The summed E-state index contributed by atoms with van der Waals surface area (Å²) in [6.45, 7) is 7.98. The Bertz CT molecular complexity index is 531. The van der Waals surface area contributed by atoms with Gasteiger partial charge in [-0.3, -0.25) is 0 Å². The van der Waals surface area contributed by atoms with Gasteiger partial charge in [0.25, 0.3) is 0 Å². The summed E-state index contributed by atoms with van der Waals surface area (Å²) in [5, 5.41) is 3.18. The summed E-state index contributed by atoms with van der Waals surface area (Å²) in [6, 6.07) is 11.1. The topological polar surface area (TPSA) is 35.6 Å². The fourth-order valence-corrected chi connectivity index (χ4v) is 3.68. The van der Waals surface area contributed by atoms with E-state index in [4.69, 9.17) is 0 Å². The standard InChI is InChI=1S/C19H29N3O/c1-14(2)18-13-21(3)9-10-22(18)19(23)20-12-16-11-17(16)15-7-5-4-6-8-15/h4-8,14,16-18H,9-13H2,1-3H3,(H,20,23)/t16-,17-,18?/m1/s1. The number of carbonyl (C=O) groups excluding carboxylic acids is 1. The van der Waals surface area contributed by atoms with E-state index < -0.39 is 0 Å². The van der Waals surface area contributed by atoms with E-state index >= 15 is 0 Å². The molecule has 0 spiro atoms. The number of hydrogen-bond acceptors (Lipinski definition) is 2. The Labute approximate surface area is 139 Å². The monoisotopic (exact) mass is 315 g/mol. The first-order chi connectivity index (χ1) is 11.1. The van der Waals surface area contributed by atoms with E-state index in [0.717, 1.165) is 26.2 Å². The van der Waals surface area contributed by atoms with Crippen LogP contribution in [0.1, 0.15) is 31.7 Å². The number of hydrogen-bond donors (Lipinski definition) is 1. The molecule has 1 saturated heterocycles. The fourth-order valence-electron chi connectivity index (χ4n) is 3.68. The number of rotatable bonds is 4. The number of likely N-dealkylation sites (N-methyl/N-ethyl adjacent to an activating group) is 1. The highest BCUT2D eigenvalue weighted by Crippen LogP contribution is 2.46. The summed E-state index contributed by atoms with van der Waals surface area (Å²) < 4.78 is 0. The Morgan fingerprint density at radius 1 is 1.26 bits per heavy atom. The van der Waals surface area contributed by atoms with Crippen LogP contribution in [0.3, 0.4) is 0 Å². The summed E-state index contributed by atoms with van der Waals surface area (Å²) >= 11 is 0. The normalized spacial score (nSPS) is 28.0. The maximum Gasteiger partial charge on any atom is 0.317 e. The molecule has 1 aliphatic heterocycles. The molecule has 1 aliphatic carbocycles. The molecule has 4 heteroatoms. The first kappa shape index (κ1) is 16.3. The SMILES string of the molecule is CC(C)C1CN(C)CCN1C(=O)NC[C@H]1C[C@@H]1c1ccccc1. The molecule has 126 valence electrons. The third kappa shape index (κ3) is 3.86. The van der Waals surface area contributed by atoms with Crippen LogP contribution in [0.15, 0.2) is 30.3 Å². The Kier molecular flexibility index (Phi) is 4.90. The minimum atomic E-state index is 0.121. The zero-order chi connectivity index (χ0) is 16.4. The van der Waals surface area contributed by atoms with Crippen LogP contribution in [0.4, 0.5) is 4.79 Å². The number of nitrogens with one attached hydrogen (secondary N) is 1. The Morgan fingerprint density at radius 2 is 2.00 bits per heavy atom. The van der Waals surface area contributed by atoms with Gasteiger partial charge in [0.1, 0.15) is 0 Å². The average molecular weight is 315 g/mol. The minimum absolute atomic E-state index is 0.121. The summed E-state index contributed by atoms with van der Waals surface area (Å²) in [5.74, 6) is 1.72. The third-order valence-corrected chi connectivity index (χ3v) is 5.32. The number of urea groups is 1. The summed E-state index contributed by atoms with van der Waals surface area (Å²) in [7, 11) is 2.14. The van der Waals surface area contributed by atoms with Gasteiger partial charge in [-0.2, -0.15) is 0 Å². The van der Waals surface area contributed by atoms with E-state index in [1.54, 1.807) is 0 Å². The van der Waals surface area contributed by atoms with Crippen LogP contribution >= 0.6 is 0 Å². The van der Waals surface area contributed by atoms with E-state index in [1.807, 2.05) is 4.90 Å². The zero-order valence-corrected chi connectivity index (χ0v) is 14.5. The first-order valence-electron chi connectivity index (χ1n) is 8.84. The van der Waals surface area contributed by atoms with Crippen molar-refractivity contribution in [1.82, 2.24) is 15.1 Å². The maximum absolute atomic E-state index is 12.6. The molecular weight excluding hydrogens is 286 g/mol. The van der Waals surface area contributed by atoms with Gasteiger partial charge in [0, 0.05) is 32.2 Å². The molecule has 1 unspecified atom stereocenters. The Balaban J connectivity index is 1.50.